The standard InChI is InChI=1S/C11H16FN3O2/c1-2-14-5-8(4-13-14)11(17)15-6-9(12)3-10(15)7-16/h4-5,9-10,16H,2-3,6-7H2,1H3. The van der Waals surface area contributed by atoms with Crippen LogP contribution in [-0.2, 0) is 6.54 Å². The Labute approximate surface area is 98.8 Å². The van der Waals surface area contributed by atoms with E-state index in [1.807, 2.05) is 6.92 Å². The highest BCUT2D eigenvalue weighted by atomic mass is 19.1. The maximum absolute atomic E-state index is 13.2. The molecule has 0 bridgehead atoms. The van der Waals surface area contributed by atoms with E-state index in [4.69, 9.17) is 5.11 Å². The first-order valence-corrected chi connectivity index (χ1v) is 5.74. The van der Waals surface area contributed by atoms with Crippen molar-refractivity contribution >= 4 is 5.91 Å². The first-order valence-electron chi connectivity index (χ1n) is 5.74. The van der Waals surface area contributed by atoms with Crippen LogP contribution in [0.4, 0.5) is 4.39 Å². The molecule has 2 rings (SSSR count). The first-order chi connectivity index (χ1) is 8.15. The number of carbonyl (C=O) groups is 1. The van der Waals surface area contributed by atoms with Gasteiger partial charge < -0.3 is 10.0 Å². The van der Waals surface area contributed by atoms with Gasteiger partial charge in [-0.2, -0.15) is 5.10 Å². The van der Waals surface area contributed by atoms with Crippen molar-refractivity contribution in [1.29, 1.82) is 0 Å². The number of hydrogen-bond acceptors (Lipinski definition) is 3. The Kier molecular flexibility index (Phi) is 3.42. The second-order valence-electron chi connectivity index (χ2n) is 4.21. The van der Waals surface area contributed by atoms with Gasteiger partial charge in [-0.25, -0.2) is 4.39 Å². The molecule has 17 heavy (non-hydrogen) atoms. The number of amides is 1. The van der Waals surface area contributed by atoms with Crippen LogP contribution in [0.2, 0.25) is 0 Å². The van der Waals surface area contributed by atoms with Gasteiger partial charge in [-0.05, 0) is 6.92 Å². The Balaban J connectivity index is 2.13. The van der Waals surface area contributed by atoms with Gasteiger partial charge in [0.1, 0.15) is 6.17 Å². The smallest absolute Gasteiger partial charge is 0.257 e. The number of aliphatic hydroxyl groups is 1. The predicted molar refractivity (Wildman–Crippen MR) is 59.3 cm³/mol. The zero-order chi connectivity index (χ0) is 12.4. The zero-order valence-electron chi connectivity index (χ0n) is 9.71. The van der Waals surface area contributed by atoms with Crippen LogP contribution in [-0.4, -0.2) is 51.1 Å². The molecule has 0 aromatic carbocycles. The van der Waals surface area contributed by atoms with Crippen molar-refractivity contribution in [2.45, 2.75) is 32.1 Å². The fourth-order valence-electron chi connectivity index (χ4n) is 2.09. The summed E-state index contributed by atoms with van der Waals surface area (Å²) >= 11 is 0. The van der Waals surface area contributed by atoms with Gasteiger partial charge in [0.05, 0.1) is 31.0 Å². The molecule has 94 valence electrons. The molecule has 0 aliphatic carbocycles. The molecule has 2 heterocycles. The number of nitrogens with zero attached hydrogens (tertiary/aromatic N) is 3. The first kappa shape index (κ1) is 12.0. The van der Waals surface area contributed by atoms with Gasteiger partial charge in [0.15, 0.2) is 0 Å². The second-order valence-corrected chi connectivity index (χ2v) is 4.21. The minimum Gasteiger partial charge on any atom is -0.394 e. The van der Waals surface area contributed by atoms with Crippen LogP contribution in [0.3, 0.4) is 0 Å². The lowest BCUT2D eigenvalue weighted by atomic mass is 10.2. The summed E-state index contributed by atoms with van der Waals surface area (Å²) in [7, 11) is 0. The Bertz CT molecular complexity index is 407. The zero-order valence-corrected chi connectivity index (χ0v) is 9.71. The fourth-order valence-corrected chi connectivity index (χ4v) is 2.09. The van der Waals surface area contributed by atoms with Crippen molar-refractivity contribution in [1.82, 2.24) is 14.7 Å². The predicted octanol–water partition coefficient (Wildman–Crippen LogP) is 0.448. The van der Waals surface area contributed by atoms with E-state index in [9.17, 15) is 9.18 Å². The number of likely N-dealkylation sites (tertiary alicyclic amines) is 1. The van der Waals surface area contributed by atoms with Gasteiger partial charge in [-0.1, -0.05) is 0 Å². The molecule has 0 radical (unpaired) electrons. The molecule has 1 fully saturated rings. The average molecular weight is 241 g/mol. The van der Waals surface area contributed by atoms with E-state index in [1.54, 1.807) is 10.9 Å². The summed E-state index contributed by atoms with van der Waals surface area (Å²) in [5, 5.41) is 13.1. The fraction of sp³-hybridized carbons (Fsp3) is 0.636. The van der Waals surface area contributed by atoms with Gasteiger partial charge in [0.2, 0.25) is 0 Å². The number of aryl methyl sites for hydroxylation is 1. The Morgan fingerprint density at radius 2 is 2.47 bits per heavy atom. The Hall–Kier alpha value is -1.43. The largest absolute Gasteiger partial charge is 0.394 e. The van der Waals surface area contributed by atoms with Gasteiger partial charge in [0, 0.05) is 19.2 Å². The molecule has 0 saturated carbocycles. The minimum atomic E-state index is -1.04. The van der Waals surface area contributed by atoms with Crippen LogP contribution in [0.5, 0.6) is 0 Å². The van der Waals surface area contributed by atoms with Crippen LogP contribution in [0.15, 0.2) is 12.4 Å². The number of hydrogen-bond donors (Lipinski definition) is 1. The molecule has 2 atom stereocenters. The maximum atomic E-state index is 13.2. The van der Waals surface area contributed by atoms with Crippen LogP contribution < -0.4 is 0 Å². The average Bonchev–Trinajstić information content (AvgIpc) is 2.93. The van der Waals surface area contributed by atoms with Gasteiger partial charge >= 0.3 is 0 Å². The highest BCUT2D eigenvalue weighted by Crippen LogP contribution is 2.22. The highest BCUT2D eigenvalue weighted by Gasteiger charge is 2.35. The lowest BCUT2D eigenvalue weighted by Gasteiger charge is -2.21. The summed E-state index contributed by atoms with van der Waals surface area (Å²) in [6.45, 7) is 2.46. The van der Waals surface area contributed by atoms with E-state index in [-0.39, 0.29) is 25.5 Å². The number of carbonyl (C=O) groups excluding carboxylic acids is 1. The Morgan fingerprint density at radius 1 is 1.71 bits per heavy atom. The normalized spacial score (nSPS) is 24.3. The summed E-state index contributed by atoms with van der Waals surface area (Å²) < 4.78 is 14.9. The van der Waals surface area contributed by atoms with Crippen molar-refractivity contribution in [3.05, 3.63) is 18.0 Å². The number of rotatable bonds is 3. The molecule has 1 saturated heterocycles. The molecule has 0 spiro atoms. The van der Waals surface area contributed by atoms with Crippen molar-refractivity contribution in [2.24, 2.45) is 0 Å². The topological polar surface area (TPSA) is 58.4 Å². The second kappa shape index (κ2) is 4.83. The molecule has 1 aromatic heterocycles. The lowest BCUT2D eigenvalue weighted by molar-refractivity contribution is 0.0673. The number of halogens is 1. The molecule has 5 nitrogen and oxygen atoms in total. The van der Waals surface area contributed by atoms with Crippen LogP contribution in [0, 0.1) is 0 Å². The summed E-state index contributed by atoms with van der Waals surface area (Å²) in [5.41, 5.74) is 0.444. The number of aromatic nitrogens is 2. The quantitative estimate of drug-likeness (QED) is 0.835. The van der Waals surface area contributed by atoms with Crippen molar-refractivity contribution in [3.63, 3.8) is 0 Å². The maximum Gasteiger partial charge on any atom is 0.257 e. The molecule has 1 aromatic rings. The summed E-state index contributed by atoms with van der Waals surface area (Å²) in [6.07, 6.45) is 2.29. The Morgan fingerprint density at radius 3 is 3.06 bits per heavy atom. The lowest BCUT2D eigenvalue weighted by Crippen LogP contribution is -2.37. The molecule has 1 aliphatic rings. The molecular formula is C11H16FN3O2. The van der Waals surface area contributed by atoms with Crippen molar-refractivity contribution < 1.29 is 14.3 Å². The summed E-state index contributed by atoms with van der Waals surface area (Å²) in [6, 6.07) is -0.414. The van der Waals surface area contributed by atoms with E-state index in [0.717, 1.165) is 0 Å². The monoisotopic (exact) mass is 241 g/mol. The van der Waals surface area contributed by atoms with Gasteiger partial charge in [-0.15, -0.1) is 0 Å². The molecule has 1 amide bonds. The SMILES string of the molecule is CCn1cc(C(=O)N2CC(F)CC2CO)cn1. The van der Waals surface area contributed by atoms with E-state index < -0.39 is 12.2 Å². The summed E-state index contributed by atoms with van der Waals surface area (Å²) in [5.74, 6) is -0.260. The molecule has 2 unspecified atom stereocenters. The summed E-state index contributed by atoms with van der Waals surface area (Å²) in [4.78, 5) is 13.5. The van der Waals surface area contributed by atoms with Crippen molar-refractivity contribution in [3.8, 4) is 0 Å². The van der Waals surface area contributed by atoms with E-state index in [1.165, 1.54) is 11.1 Å². The third-order valence-electron chi connectivity index (χ3n) is 3.04. The minimum absolute atomic E-state index is 0.0569. The highest BCUT2D eigenvalue weighted by molar-refractivity contribution is 5.94. The van der Waals surface area contributed by atoms with E-state index in [2.05, 4.69) is 5.10 Å². The van der Waals surface area contributed by atoms with Crippen LogP contribution in [0.25, 0.3) is 0 Å². The molecule has 6 heteroatoms. The van der Waals surface area contributed by atoms with Gasteiger partial charge in [0.25, 0.3) is 5.91 Å². The van der Waals surface area contributed by atoms with Crippen molar-refractivity contribution in [2.75, 3.05) is 13.2 Å². The van der Waals surface area contributed by atoms with Gasteiger partial charge in [-0.3, -0.25) is 9.48 Å². The molecule has 1 aliphatic heterocycles. The molecule has 1 N–H and O–H groups in total. The third-order valence-corrected chi connectivity index (χ3v) is 3.04. The van der Waals surface area contributed by atoms with Crippen LogP contribution in [0.1, 0.15) is 23.7 Å². The molecular weight excluding hydrogens is 225 g/mol. The van der Waals surface area contributed by atoms with E-state index >= 15 is 0 Å². The number of aliphatic hydroxyl groups excluding tert-OH is 1. The van der Waals surface area contributed by atoms with Crippen LogP contribution >= 0.6 is 0 Å². The number of alkyl halides is 1. The third kappa shape index (κ3) is 2.31. The van der Waals surface area contributed by atoms with E-state index in [0.29, 0.717) is 12.1 Å².